The van der Waals surface area contributed by atoms with Gasteiger partial charge in [0.25, 0.3) is 5.91 Å². The molecule has 2 unspecified atom stereocenters. The Bertz CT molecular complexity index is 661. The molecule has 8 heteroatoms. The Hall–Kier alpha value is -2.09. The molecule has 0 spiro atoms. The van der Waals surface area contributed by atoms with Crippen LogP contribution in [-0.2, 0) is 9.59 Å². The molecule has 1 heterocycles. The molecule has 26 heavy (non-hydrogen) atoms. The van der Waals surface area contributed by atoms with Crippen LogP contribution in [0.3, 0.4) is 0 Å². The Morgan fingerprint density at radius 3 is 2.35 bits per heavy atom. The fraction of sp³-hybridized carbons (Fsp3) is 0.556. The molecule has 0 saturated carbocycles. The van der Waals surface area contributed by atoms with Crippen molar-refractivity contribution in [3.8, 4) is 0 Å². The maximum atomic E-state index is 12.8. The molecule has 1 saturated heterocycles. The van der Waals surface area contributed by atoms with Crippen LogP contribution in [-0.4, -0.2) is 54.2 Å². The minimum absolute atomic E-state index is 0.00409. The number of piperidine rings is 1. The molecule has 1 aromatic rings. The summed E-state index contributed by atoms with van der Waals surface area (Å²) in [5, 5.41) is 9.14. The van der Waals surface area contributed by atoms with Gasteiger partial charge < -0.3 is 14.9 Å². The first-order chi connectivity index (χ1) is 12.0. The molecule has 0 aliphatic carbocycles. The van der Waals surface area contributed by atoms with Gasteiger partial charge in [-0.2, -0.15) is 13.2 Å². The molecular weight excluding hydrogens is 349 g/mol. The quantitative estimate of drug-likeness (QED) is 0.886. The summed E-state index contributed by atoms with van der Waals surface area (Å²) >= 11 is 0. The topological polar surface area (TPSA) is 60.9 Å². The molecule has 1 aliphatic heterocycles. The number of carbonyl (C=O) groups is 2. The summed E-state index contributed by atoms with van der Waals surface area (Å²) in [4.78, 5) is 27.1. The lowest BCUT2D eigenvalue weighted by Gasteiger charge is -2.38. The number of benzene rings is 1. The van der Waals surface area contributed by atoms with Crippen molar-refractivity contribution < 1.29 is 27.9 Å². The van der Waals surface area contributed by atoms with Crippen molar-refractivity contribution in [3.05, 3.63) is 29.8 Å². The van der Waals surface area contributed by atoms with Gasteiger partial charge in [-0.05, 0) is 31.4 Å². The Morgan fingerprint density at radius 2 is 1.85 bits per heavy atom. The zero-order chi connectivity index (χ0) is 19.6. The SMILES string of the molecule is Cc1ccc(N(C)C(=O)C2CCN(C(=O)[C@@H](O)C(F)(F)F)CC2C)cc1. The predicted octanol–water partition coefficient (Wildman–Crippen LogP) is 2.37. The maximum absolute atomic E-state index is 12.8. The summed E-state index contributed by atoms with van der Waals surface area (Å²) in [5.74, 6) is -2.20. The van der Waals surface area contributed by atoms with Gasteiger partial charge in [-0.25, -0.2) is 0 Å². The second-order valence-corrected chi connectivity index (χ2v) is 6.83. The molecular formula is C18H23F3N2O3. The third-order valence-electron chi connectivity index (χ3n) is 4.83. The summed E-state index contributed by atoms with van der Waals surface area (Å²) in [6.07, 6.45) is -7.75. The summed E-state index contributed by atoms with van der Waals surface area (Å²) in [7, 11) is 1.66. The van der Waals surface area contributed by atoms with Crippen LogP contribution in [0.25, 0.3) is 0 Å². The summed E-state index contributed by atoms with van der Waals surface area (Å²) in [6.45, 7) is 3.68. The molecule has 1 aliphatic rings. The van der Waals surface area contributed by atoms with Crippen molar-refractivity contribution in [2.45, 2.75) is 32.5 Å². The number of alkyl halides is 3. The number of halogens is 3. The van der Waals surface area contributed by atoms with E-state index in [4.69, 9.17) is 5.11 Å². The van der Waals surface area contributed by atoms with Gasteiger partial charge in [-0.3, -0.25) is 9.59 Å². The van der Waals surface area contributed by atoms with E-state index in [0.717, 1.165) is 16.2 Å². The standard InChI is InChI=1S/C18H23F3N2O3/c1-11-4-6-13(7-5-11)22(3)16(25)14-8-9-23(10-12(14)2)17(26)15(24)18(19,20)21/h4-7,12,14-15,24H,8-10H2,1-3H3/t12?,14?,15-/m1/s1. The highest BCUT2D eigenvalue weighted by molar-refractivity contribution is 5.95. The molecule has 0 aromatic heterocycles. The summed E-state index contributed by atoms with van der Waals surface area (Å²) in [6, 6.07) is 7.44. The normalized spacial score (nSPS) is 22.0. The Balaban J connectivity index is 2.03. The molecule has 144 valence electrons. The van der Waals surface area contributed by atoms with Crippen LogP contribution in [0, 0.1) is 18.8 Å². The fourth-order valence-corrected chi connectivity index (χ4v) is 3.17. The number of aliphatic hydroxyl groups excluding tert-OH is 1. The van der Waals surface area contributed by atoms with Gasteiger partial charge in [0, 0.05) is 31.7 Å². The molecule has 2 rings (SSSR count). The predicted molar refractivity (Wildman–Crippen MR) is 90.5 cm³/mol. The van der Waals surface area contributed by atoms with Crippen molar-refractivity contribution in [2.75, 3.05) is 25.0 Å². The number of carbonyl (C=O) groups excluding carboxylic acids is 2. The highest BCUT2D eigenvalue weighted by Crippen LogP contribution is 2.29. The number of rotatable bonds is 3. The number of anilines is 1. The fourth-order valence-electron chi connectivity index (χ4n) is 3.17. The van der Waals surface area contributed by atoms with Crippen molar-refractivity contribution in [1.29, 1.82) is 0 Å². The van der Waals surface area contributed by atoms with Crippen LogP contribution in [0.1, 0.15) is 18.9 Å². The highest BCUT2D eigenvalue weighted by atomic mass is 19.4. The Labute approximate surface area is 150 Å². The molecule has 1 fully saturated rings. The van der Waals surface area contributed by atoms with Gasteiger partial charge in [-0.1, -0.05) is 24.6 Å². The molecule has 0 radical (unpaired) electrons. The lowest BCUT2D eigenvalue weighted by molar-refractivity contribution is -0.211. The Morgan fingerprint density at radius 1 is 1.27 bits per heavy atom. The number of aryl methyl sites for hydroxylation is 1. The lowest BCUT2D eigenvalue weighted by Crippen LogP contribution is -2.53. The van der Waals surface area contributed by atoms with Crippen LogP contribution in [0.5, 0.6) is 0 Å². The van der Waals surface area contributed by atoms with Gasteiger partial charge >= 0.3 is 6.18 Å². The van der Waals surface area contributed by atoms with E-state index >= 15 is 0 Å². The third kappa shape index (κ3) is 4.35. The maximum Gasteiger partial charge on any atom is 0.423 e. The minimum Gasteiger partial charge on any atom is -0.376 e. The van der Waals surface area contributed by atoms with E-state index in [0.29, 0.717) is 0 Å². The first kappa shape index (κ1) is 20.2. The Kier molecular flexibility index (Phi) is 5.95. The average Bonchev–Trinajstić information content (AvgIpc) is 2.59. The van der Waals surface area contributed by atoms with Crippen LogP contribution >= 0.6 is 0 Å². The number of amides is 2. The summed E-state index contributed by atoms with van der Waals surface area (Å²) < 4.78 is 37.6. The van der Waals surface area contributed by atoms with Gasteiger partial charge in [-0.15, -0.1) is 0 Å². The van der Waals surface area contributed by atoms with Gasteiger partial charge in [0.05, 0.1) is 0 Å². The van der Waals surface area contributed by atoms with Crippen LogP contribution in [0.2, 0.25) is 0 Å². The first-order valence-electron chi connectivity index (χ1n) is 8.40. The van der Waals surface area contributed by atoms with E-state index in [-0.39, 0.29) is 31.3 Å². The van der Waals surface area contributed by atoms with Crippen LogP contribution < -0.4 is 4.90 Å². The van der Waals surface area contributed by atoms with Gasteiger partial charge in [0.2, 0.25) is 12.0 Å². The van der Waals surface area contributed by atoms with E-state index in [1.807, 2.05) is 31.2 Å². The van der Waals surface area contributed by atoms with E-state index in [1.54, 1.807) is 14.0 Å². The van der Waals surface area contributed by atoms with E-state index in [9.17, 15) is 22.8 Å². The van der Waals surface area contributed by atoms with E-state index in [1.165, 1.54) is 4.90 Å². The number of nitrogens with zero attached hydrogens (tertiary/aromatic N) is 2. The zero-order valence-electron chi connectivity index (χ0n) is 15.0. The molecule has 1 N–H and O–H groups in total. The molecule has 2 amide bonds. The molecule has 5 nitrogen and oxygen atoms in total. The largest absolute Gasteiger partial charge is 0.423 e. The van der Waals surface area contributed by atoms with Crippen molar-refractivity contribution >= 4 is 17.5 Å². The minimum atomic E-state index is -4.99. The van der Waals surface area contributed by atoms with Gasteiger partial charge in [0.15, 0.2) is 0 Å². The first-order valence-corrected chi connectivity index (χ1v) is 8.40. The molecule has 0 bridgehead atoms. The smallest absolute Gasteiger partial charge is 0.376 e. The van der Waals surface area contributed by atoms with E-state index < -0.39 is 24.1 Å². The number of hydrogen-bond acceptors (Lipinski definition) is 3. The van der Waals surface area contributed by atoms with E-state index in [2.05, 4.69) is 0 Å². The van der Waals surface area contributed by atoms with Crippen molar-refractivity contribution in [3.63, 3.8) is 0 Å². The molecule has 1 aromatic carbocycles. The number of hydrogen-bond donors (Lipinski definition) is 1. The second-order valence-electron chi connectivity index (χ2n) is 6.83. The van der Waals surface area contributed by atoms with Crippen LogP contribution in [0.15, 0.2) is 24.3 Å². The second kappa shape index (κ2) is 7.65. The lowest BCUT2D eigenvalue weighted by atomic mass is 9.85. The zero-order valence-corrected chi connectivity index (χ0v) is 15.0. The monoisotopic (exact) mass is 372 g/mol. The summed E-state index contributed by atoms with van der Waals surface area (Å²) in [5.41, 5.74) is 1.80. The highest BCUT2D eigenvalue weighted by Gasteiger charge is 2.47. The number of aliphatic hydroxyl groups is 1. The van der Waals surface area contributed by atoms with Gasteiger partial charge in [0.1, 0.15) is 0 Å². The molecule has 3 atom stereocenters. The van der Waals surface area contributed by atoms with Crippen molar-refractivity contribution in [1.82, 2.24) is 4.90 Å². The third-order valence-corrected chi connectivity index (χ3v) is 4.83. The number of likely N-dealkylation sites (tertiary alicyclic amines) is 1. The van der Waals surface area contributed by atoms with Crippen molar-refractivity contribution in [2.24, 2.45) is 11.8 Å². The average molecular weight is 372 g/mol. The van der Waals surface area contributed by atoms with Crippen LogP contribution in [0.4, 0.5) is 18.9 Å².